The number of rotatable bonds is 5. The van der Waals surface area contributed by atoms with Gasteiger partial charge >= 0.3 is 0 Å². The summed E-state index contributed by atoms with van der Waals surface area (Å²) in [5, 5.41) is 11.2. The summed E-state index contributed by atoms with van der Waals surface area (Å²) in [6, 6.07) is 6.73. The predicted octanol–water partition coefficient (Wildman–Crippen LogP) is 4.83. The molecule has 0 radical (unpaired) electrons. The molecule has 1 aliphatic rings. The Balaban J connectivity index is 0.000000204. The van der Waals surface area contributed by atoms with Gasteiger partial charge in [0.05, 0.1) is 11.3 Å². The van der Waals surface area contributed by atoms with Crippen molar-refractivity contribution < 1.29 is 8.42 Å². The fraction of sp³-hybridized carbons (Fsp3) is 0.524. The normalized spacial score (nSPS) is 14.5. The minimum atomic E-state index is -2.94. The standard InChI is InChI=1S/C15H17N3S.C6H13NO2S/c1-9(2)18-16-13-8-12(14-6-5-7-19-14)10(3)11(4)15(13)17-18;1-5(2)7-10(8,9)6-3-4-6/h5-9H,1-4H3;5-7H,3-4H2,1-2H3. The van der Waals surface area contributed by atoms with Crippen LogP contribution in [0, 0.1) is 13.8 Å². The smallest absolute Gasteiger partial charge is 0.212 e. The number of sulfonamides is 1. The highest BCUT2D eigenvalue weighted by Crippen LogP contribution is 2.33. The lowest BCUT2D eigenvalue weighted by Gasteiger charge is -2.07. The molecule has 0 atom stereocenters. The van der Waals surface area contributed by atoms with Gasteiger partial charge in [-0.2, -0.15) is 15.0 Å². The van der Waals surface area contributed by atoms with Gasteiger partial charge in [0.15, 0.2) is 0 Å². The Kier molecular flexibility index (Phi) is 6.45. The minimum Gasteiger partial charge on any atom is -0.212 e. The van der Waals surface area contributed by atoms with Gasteiger partial charge in [0.25, 0.3) is 0 Å². The molecule has 3 aromatic rings. The molecule has 0 spiro atoms. The average molecular weight is 435 g/mol. The van der Waals surface area contributed by atoms with Crippen LogP contribution in [0.3, 0.4) is 0 Å². The molecule has 1 aliphatic carbocycles. The van der Waals surface area contributed by atoms with Crippen molar-refractivity contribution in [2.24, 2.45) is 0 Å². The van der Waals surface area contributed by atoms with Crippen LogP contribution >= 0.6 is 11.3 Å². The molecule has 158 valence electrons. The van der Waals surface area contributed by atoms with E-state index in [-0.39, 0.29) is 17.3 Å². The molecule has 2 heterocycles. The number of hydrogen-bond acceptors (Lipinski definition) is 5. The zero-order valence-electron chi connectivity index (χ0n) is 17.9. The SMILES string of the molecule is CC(C)NS(=O)(=O)C1CC1.Cc1c(-c2cccs2)cc2nn(C(C)C)nc2c1C. The van der Waals surface area contributed by atoms with Crippen LogP contribution in [0.2, 0.25) is 0 Å². The van der Waals surface area contributed by atoms with Gasteiger partial charge in [-0.3, -0.25) is 0 Å². The third-order valence-electron chi connectivity index (χ3n) is 4.87. The van der Waals surface area contributed by atoms with Crippen LogP contribution in [0.4, 0.5) is 0 Å². The van der Waals surface area contributed by atoms with Gasteiger partial charge in [-0.05, 0) is 88.6 Å². The number of nitrogens with one attached hydrogen (secondary N) is 1. The van der Waals surface area contributed by atoms with Crippen molar-refractivity contribution in [2.75, 3.05) is 0 Å². The fourth-order valence-electron chi connectivity index (χ4n) is 3.04. The monoisotopic (exact) mass is 434 g/mol. The van der Waals surface area contributed by atoms with E-state index in [4.69, 9.17) is 0 Å². The van der Waals surface area contributed by atoms with Crippen LogP contribution in [-0.4, -0.2) is 34.7 Å². The zero-order chi connectivity index (χ0) is 21.3. The Hall–Kier alpha value is -1.77. The van der Waals surface area contributed by atoms with Crippen molar-refractivity contribution in [1.29, 1.82) is 0 Å². The summed E-state index contributed by atoms with van der Waals surface area (Å²) in [6.45, 7) is 12.2. The number of benzene rings is 1. The van der Waals surface area contributed by atoms with Crippen molar-refractivity contribution in [3.8, 4) is 10.4 Å². The number of hydrogen-bond donors (Lipinski definition) is 1. The number of nitrogens with zero attached hydrogens (tertiary/aromatic N) is 3. The first-order valence-corrected chi connectivity index (χ1v) is 12.4. The molecule has 2 aromatic heterocycles. The molecule has 29 heavy (non-hydrogen) atoms. The average Bonchev–Trinajstić information content (AvgIpc) is 3.20. The highest BCUT2D eigenvalue weighted by Gasteiger charge is 2.35. The fourth-order valence-corrected chi connectivity index (χ4v) is 5.45. The molecule has 0 amide bonds. The molecule has 1 aromatic carbocycles. The van der Waals surface area contributed by atoms with Crippen molar-refractivity contribution >= 4 is 32.4 Å². The Labute approximate surface area is 177 Å². The van der Waals surface area contributed by atoms with Crippen LogP contribution in [0.1, 0.15) is 57.7 Å². The van der Waals surface area contributed by atoms with E-state index in [1.807, 2.05) is 13.8 Å². The third kappa shape index (κ3) is 5.05. The summed E-state index contributed by atoms with van der Waals surface area (Å²) in [4.78, 5) is 3.09. The van der Waals surface area contributed by atoms with Gasteiger partial charge in [0, 0.05) is 10.9 Å². The summed E-state index contributed by atoms with van der Waals surface area (Å²) < 4.78 is 24.7. The molecule has 4 rings (SSSR count). The third-order valence-corrected chi connectivity index (χ3v) is 7.92. The lowest BCUT2D eigenvalue weighted by atomic mass is 10.0. The van der Waals surface area contributed by atoms with Crippen molar-refractivity contribution in [3.63, 3.8) is 0 Å². The van der Waals surface area contributed by atoms with E-state index >= 15 is 0 Å². The number of fused-ring (bicyclic) bond motifs is 1. The van der Waals surface area contributed by atoms with Crippen molar-refractivity contribution in [2.45, 2.75) is 71.7 Å². The van der Waals surface area contributed by atoms with Gasteiger partial charge in [0.1, 0.15) is 11.0 Å². The Morgan fingerprint density at radius 3 is 2.34 bits per heavy atom. The zero-order valence-corrected chi connectivity index (χ0v) is 19.6. The van der Waals surface area contributed by atoms with Gasteiger partial charge in [0.2, 0.25) is 10.0 Å². The van der Waals surface area contributed by atoms with E-state index in [0.717, 1.165) is 23.9 Å². The van der Waals surface area contributed by atoms with E-state index in [9.17, 15) is 8.42 Å². The second kappa shape index (κ2) is 8.53. The first kappa shape index (κ1) is 21.9. The van der Waals surface area contributed by atoms with Crippen LogP contribution in [0.15, 0.2) is 23.6 Å². The number of aryl methyl sites for hydroxylation is 1. The summed E-state index contributed by atoms with van der Waals surface area (Å²) in [5.41, 5.74) is 5.81. The first-order chi connectivity index (χ1) is 13.6. The predicted molar refractivity (Wildman–Crippen MR) is 121 cm³/mol. The second-order valence-electron chi connectivity index (χ2n) is 8.15. The van der Waals surface area contributed by atoms with Gasteiger partial charge in [-0.1, -0.05) is 6.07 Å². The molecule has 0 saturated heterocycles. The summed E-state index contributed by atoms with van der Waals surface area (Å²) in [5.74, 6) is 0. The van der Waals surface area contributed by atoms with Gasteiger partial charge in [-0.15, -0.1) is 11.3 Å². The summed E-state index contributed by atoms with van der Waals surface area (Å²) in [7, 11) is -2.94. The Morgan fingerprint density at radius 1 is 1.14 bits per heavy atom. The maximum absolute atomic E-state index is 11.1. The Morgan fingerprint density at radius 2 is 1.83 bits per heavy atom. The van der Waals surface area contributed by atoms with E-state index in [0.29, 0.717) is 0 Å². The highest BCUT2D eigenvalue weighted by molar-refractivity contribution is 7.90. The topological polar surface area (TPSA) is 76.9 Å². The quantitative estimate of drug-likeness (QED) is 0.624. The van der Waals surface area contributed by atoms with Crippen LogP contribution in [0.5, 0.6) is 0 Å². The maximum Gasteiger partial charge on any atom is 0.214 e. The molecule has 8 heteroatoms. The Bertz CT molecular complexity index is 1080. The molecular weight excluding hydrogens is 404 g/mol. The van der Waals surface area contributed by atoms with Crippen molar-refractivity contribution in [1.82, 2.24) is 19.7 Å². The molecule has 0 unspecified atom stereocenters. The molecule has 6 nitrogen and oxygen atoms in total. The molecule has 1 saturated carbocycles. The highest BCUT2D eigenvalue weighted by atomic mass is 32.2. The lowest BCUT2D eigenvalue weighted by molar-refractivity contribution is 0.472. The molecule has 0 bridgehead atoms. The van der Waals surface area contributed by atoms with E-state index in [1.165, 1.54) is 21.6 Å². The summed E-state index contributed by atoms with van der Waals surface area (Å²) in [6.07, 6.45) is 1.67. The van der Waals surface area contributed by atoms with E-state index in [1.54, 1.807) is 16.1 Å². The minimum absolute atomic E-state index is 0.0330. The first-order valence-electron chi connectivity index (χ1n) is 10.0. The molecule has 1 fully saturated rings. The van der Waals surface area contributed by atoms with E-state index < -0.39 is 10.0 Å². The van der Waals surface area contributed by atoms with Crippen molar-refractivity contribution in [3.05, 3.63) is 34.7 Å². The van der Waals surface area contributed by atoms with Gasteiger partial charge in [-0.25, -0.2) is 13.1 Å². The number of aromatic nitrogens is 3. The molecule has 0 aliphatic heterocycles. The van der Waals surface area contributed by atoms with Crippen LogP contribution in [-0.2, 0) is 10.0 Å². The van der Waals surface area contributed by atoms with Gasteiger partial charge < -0.3 is 0 Å². The number of thiophene rings is 1. The van der Waals surface area contributed by atoms with Crippen LogP contribution in [0.25, 0.3) is 21.5 Å². The molecular formula is C21H30N4O2S2. The maximum atomic E-state index is 11.1. The largest absolute Gasteiger partial charge is 0.214 e. The lowest BCUT2D eigenvalue weighted by Crippen LogP contribution is -2.32. The molecule has 1 N–H and O–H groups in total. The van der Waals surface area contributed by atoms with E-state index in [2.05, 4.69) is 66.2 Å². The second-order valence-corrected chi connectivity index (χ2v) is 11.1. The van der Waals surface area contributed by atoms with Crippen LogP contribution < -0.4 is 4.72 Å². The summed E-state index contributed by atoms with van der Waals surface area (Å²) >= 11 is 1.77.